The lowest BCUT2D eigenvalue weighted by Crippen LogP contribution is -2.55. The van der Waals surface area contributed by atoms with E-state index in [1.165, 1.54) is 12.1 Å². The molecule has 0 saturated heterocycles. The minimum absolute atomic E-state index is 0.0898. The summed E-state index contributed by atoms with van der Waals surface area (Å²) in [6.07, 6.45) is 2.80. The van der Waals surface area contributed by atoms with Crippen LogP contribution in [0.2, 0.25) is 0 Å². The van der Waals surface area contributed by atoms with Crippen molar-refractivity contribution < 1.29 is 9.18 Å². The summed E-state index contributed by atoms with van der Waals surface area (Å²) in [4.78, 5) is 11.9. The van der Waals surface area contributed by atoms with E-state index in [4.69, 9.17) is 11.6 Å². The molecule has 17 heavy (non-hydrogen) atoms. The van der Waals surface area contributed by atoms with Gasteiger partial charge in [0, 0.05) is 5.88 Å². The van der Waals surface area contributed by atoms with E-state index in [1.807, 2.05) is 0 Å². The van der Waals surface area contributed by atoms with Gasteiger partial charge < -0.3 is 5.32 Å². The fourth-order valence-corrected chi connectivity index (χ4v) is 2.34. The van der Waals surface area contributed by atoms with Gasteiger partial charge in [0.1, 0.15) is 5.82 Å². The number of nitrogens with one attached hydrogen (secondary N) is 1. The molecule has 0 unspecified atom stereocenters. The van der Waals surface area contributed by atoms with Crippen LogP contribution in [0.25, 0.3) is 0 Å². The molecule has 1 fully saturated rings. The smallest absolute Gasteiger partial charge is 0.254 e. The first-order valence-electron chi connectivity index (χ1n) is 5.71. The molecular formula is C13H15ClFNO. The minimum atomic E-state index is -0.480. The van der Waals surface area contributed by atoms with Crippen molar-refractivity contribution in [3.63, 3.8) is 0 Å². The lowest BCUT2D eigenvalue weighted by Gasteiger charge is -2.41. The van der Waals surface area contributed by atoms with Gasteiger partial charge in [-0.1, -0.05) is 6.07 Å². The quantitative estimate of drug-likeness (QED) is 0.827. The van der Waals surface area contributed by atoms with Crippen molar-refractivity contribution in [2.45, 2.75) is 31.7 Å². The van der Waals surface area contributed by atoms with Crippen molar-refractivity contribution in [3.8, 4) is 0 Å². The van der Waals surface area contributed by atoms with Crippen LogP contribution < -0.4 is 5.32 Å². The number of alkyl halides is 1. The molecule has 0 aliphatic heterocycles. The zero-order valence-electron chi connectivity index (χ0n) is 9.72. The Balaban J connectivity index is 2.14. The number of carbonyl (C=O) groups excluding carboxylic acids is 1. The van der Waals surface area contributed by atoms with E-state index in [0.717, 1.165) is 24.8 Å². The number of aryl methyl sites for hydroxylation is 1. The number of amides is 1. The molecule has 92 valence electrons. The highest BCUT2D eigenvalue weighted by molar-refractivity contribution is 6.19. The van der Waals surface area contributed by atoms with Crippen LogP contribution in [0.1, 0.15) is 35.2 Å². The van der Waals surface area contributed by atoms with E-state index < -0.39 is 5.82 Å². The van der Waals surface area contributed by atoms with Gasteiger partial charge in [0.15, 0.2) is 0 Å². The number of rotatable bonds is 3. The van der Waals surface area contributed by atoms with Crippen LogP contribution in [0, 0.1) is 12.7 Å². The van der Waals surface area contributed by atoms with Crippen LogP contribution in [-0.2, 0) is 0 Å². The third-order valence-electron chi connectivity index (χ3n) is 3.31. The minimum Gasteiger partial charge on any atom is -0.345 e. The molecule has 1 aliphatic rings. The first-order valence-corrected chi connectivity index (χ1v) is 6.24. The van der Waals surface area contributed by atoms with E-state index >= 15 is 0 Å². The van der Waals surface area contributed by atoms with Crippen molar-refractivity contribution in [3.05, 3.63) is 35.1 Å². The average Bonchev–Trinajstić information content (AvgIpc) is 2.23. The molecule has 0 heterocycles. The molecule has 2 rings (SSSR count). The lowest BCUT2D eigenvalue weighted by molar-refractivity contribution is 0.0849. The van der Waals surface area contributed by atoms with Crippen LogP contribution >= 0.6 is 11.6 Å². The summed E-state index contributed by atoms with van der Waals surface area (Å²) in [5, 5.41) is 2.85. The van der Waals surface area contributed by atoms with Gasteiger partial charge in [-0.15, -0.1) is 11.6 Å². The van der Waals surface area contributed by atoms with E-state index in [2.05, 4.69) is 5.32 Å². The molecule has 1 saturated carbocycles. The van der Waals surface area contributed by atoms with Gasteiger partial charge in [0.2, 0.25) is 0 Å². The predicted octanol–water partition coefficient (Wildman–Crippen LogP) is 3.03. The van der Waals surface area contributed by atoms with Crippen LogP contribution in [-0.4, -0.2) is 17.3 Å². The largest absolute Gasteiger partial charge is 0.345 e. The summed E-state index contributed by atoms with van der Waals surface area (Å²) in [5.74, 6) is -0.471. The molecule has 4 heteroatoms. The first kappa shape index (κ1) is 12.4. The second kappa shape index (κ2) is 4.65. The van der Waals surface area contributed by atoms with Crippen molar-refractivity contribution in [2.75, 3.05) is 5.88 Å². The first-order chi connectivity index (χ1) is 8.06. The van der Waals surface area contributed by atoms with Crippen LogP contribution in [0.4, 0.5) is 4.39 Å². The molecule has 1 N–H and O–H groups in total. The Labute approximate surface area is 105 Å². The van der Waals surface area contributed by atoms with Crippen LogP contribution in [0.5, 0.6) is 0 Å². The van der Waals surface area contributed by atoms with Crippen molar-refractivity contribution in [1.29, 1.82) is 0 Å². The summed E-state index contributed by atoms with van der Waals surface area (Å²) in [6, 6.07) is 4.61. The summed E-state index contributed by atoms with van der Waals surface area (Å²) in [7, 11) is 0. The summed E-state index contributed by atoms with van der Waals surface area (Å²) < 4.78 is 13.6. The van der Waals surface area contributed by atoms with E-state index in [-0.39, 0.29) is 17.0 Å². The Hall–Kier alpha value is -1.09. The zero-order valence-corrected chi connectivity index (χ0v) is 10.5. The molecule has 0 bridgehead atoms. The Kier molecular flexibility index (Phi) is 3.38. The van der Waals surface area contributed by atoms with Crippen molar-refractivity contribution in [2.24, 2.45) is 0 Å². The number of halogens is 2. The topological polar surface area (TPSA) is 29.1 Å². The molecule has 2 nitrogen and oxygen atoms in total. The summed E-state index contributed by atoms with van der Waals surface area (Å²) in [6.45, 7) is 1.79. The average molecular weight is 256 g/mol. The molecule has 1 aromatic rings. The Bertz CT molecular complexity index is 438. The molecule has 0 radical (unpaired) electrons. The van der Waals surface area contributed by atoms with Gasteiger partial charge >= 0.3 is 0 Å². The fraction of sp³-hybridized carbons (Fsp3) is 0.462. The standard InChI is InChI=1S/C13H15ClFNO/c1-9-3-4-10(11(15)7-9)12(17)16-13(8-14)5-2-6-13/h3-4,7H,2,5-6,8H2,1H3,(H,16,17). The molecular weight excluding hydrogens is 241 g/mol. The Morgan fingerprint density at radius 3 is 2.71 bits per heavy atom. The third-order valence-corrected chi connectivity index (χ3v) is 3.83. The van der Waals surface area contributed by atoms with Gasteiger partial charge in [-0.25, -0.2) is 4.39 Å². The monoisotopic (exact) mass is 255 g/mol. The third kappa shape index (κ3) is 2.44. The van der Waals surface area contributed by atoms with Gasteiger partial charge in [-0.3, -0.25) is 4.79 Å². The second-order valence-electron chi connectivity index (χ2n) is 4.70. The van der Waals surface area contributed by atoms with Gasteiger partial charge in [0.25, 0.3) is 5.91 Å². The SMILES string of the molecule is Cc1ccc(C(=O)NC2(CCl)CCC2)c(F)c1. The highest BCUT2D eigenvalue weighted by Crippen LogP contribution is 2.33. The molecule has 1 aliphatic carbocycles. The summed E-state index contributed by atoms with van der Waals surface area (Å²) >= 11 is 5.85. The number of carbonyl (C=O) groups is 1. The number of hydrogen-bond acceptors (Lipinski definition) is 1. The molecule has 0 aromatic heterocycles. The fourth-order valence-electron chi connectivity index (χ4n) is 2.01. The van der Waals surface area contributed by atoms with Crippen molar-refractivity contribution >= 4 is 17.5 Å². The molecule has 1 aromatic carbocycles. The highest BCUT2D eigenvalue weighted by atomic mass is 35.5. The van der Waals surface area contributed by atoms with Gasteiger partial charge in [-0.05, 0) is 43.9 Å². The summed E-state index contributed by atoms with van der Waals surface area (Å²) in [5.41, 5.74) is 0.567. The molecule has 0 spiro atoms. The Morgan fingerprint density at radius 1 is 1.53 bits per heavy atom. The highest BCUT2D eigenvalue weighted by Gasteiger charge is 2.37. The lowest BCUT2D eigenvalue weighted by atomic mass is 9.78. The number of hydrogen-bond donors (Lipinski definition) is 1. The van der Waals surface area contributed by atoms with E-state index in [1.54, 1.807) is 13.0 Å². The van der Waals surface area contributed by atoms with Crippen LogP contribution in [0.15, 0.2) is 18.2 Å². The predicted molar refractivity (Wildman–Crippen MR) is 65.9 cm³/mol. The molecule has 0 atom stereocenters. The zero-order chi connectivity index (χ0) is 12.5. The maximum atomic E-state index is 13.6. The maximum absolute atomic E-state index is 13.6. The van der Waals surface area contributed by atoms with Crippen LogP contribution in [0.3, 0.4) is 0 Å². The van der Waals surface area contributed by atoms with E-state index in [9.17, 15) is 9.18 Å². The van der Waals surface area contributed by atoms with Gasteiger partial charge in [-0.2, -0.15) is 0 Å². The Morgan fingerprint density at radius 2 is 2.24 bits per heavy atom. The van der Waals surface area contributed by atoms with E-state index in [0.29, 0.717) is 5.88 Å². The van der Waals surface area contributed by atoms with Crippen molar-refractivity contribution in [1.82, 2.24) is 5.32 Å². The maximum Gasteiger partial charge on any atom is 0.254 e. The molecule has 1 amide bonds. The second-order valence-corrected chi connectivity index (χ2v) is 4.97. The van der Waals surface area contributed by atoms with Gasteiger partial charge in [0.05, 0.1) is 11.1 Å². The number of benzene rings is 1. The normalized spacial score (nSPS) is 17.4.